The Morgan fingerprint density at radius 2 is 1.50 bits per heavy atom. The average molecular weight is 404 g/mol. The van der Waals surface area contributed by atoms with Crippen molar-refractivity contribution in [2.24, 2.45) is 5.41 Å². The summed E-state index contributed by atoms with van der Waals surface area (Å²) in [4.78, 5) is 30.0. The molecule has 1 atom stereocenters. The Morgan fingerprint density at radius 1 is 0.900 bits per heavy atom. The largest absolute Gasteiger partial charge is 0.335 e. The van der Waals surface area contributed by atoms with Gasteiger partial charge in [0.05, 0.1) is 11.5 Å². The number of nitrogens with one attached hydrogen (secondary N) is 1. The Balaban J connectivity index is 1.35. The summed E-state index contributed by atoms with van der Waals surface area (Å²) in [6.45, 7) is 1.27. The van der Waals surface area contributed by atoms with Crippen LogP contribution in [-0.2, 0) is 4.79 Å². The second-order valence-corrected chi connectivity index (χ2v) is 8.90. The highest BCUT2D eigenvalue weighted by Crippen LogP contribution is 2.57. The van der Waals surface area contributed by atoms with Gasteiger partial charge in [-0.05, 0) is 43.4 Å². The van der Waals surface area contributed by atoms with Crippen LogP contribution in [0.2, 0.25) is 0 Å². The minimum absolute atomic E-state index is 0.0219. The third-order valence-electron chi connectivity index (χ3n) is 7.20. The van der Waals surface area contributed by atoms with Crippen molar-refractivity contribution in [2.75, 3.05) is 18.0 Å². The summed E-state index contributed by atoms with van der Waals surface area (Å²) in [7, 11) is 0. The van der Waals surface area contributed by atoms with Crippen molar-refractivity contribution in [3.63, 3.8) is 0 Å². The molecule has 156 valence electrons. The molecule has 2 aromatic carbocycles. The van der Waals surface area contributed by atoms with Gasteiger partial charge in [-0.25, -0.2) is 4.79 Å². The highest BCUT2D eigenvalue weighted by atomic mass is 16.2. The molecule has 30 heavy (non-hydrogen) atoms. The fourth-order valence-corrected chi connectivity index (χ4v) is 5.55. The van der Waals surface area contributed by atoms with Gasteiger partial charge in [0, 0.05) is 24.8 Å². The normalized spacial score (nSPS) is 23.5. The number of hydrogen-bond acceptors (Lipinski definition) is 2. The number of urea groups is 1. The van der Waals surface area contributed by atoms with Crippen molar-refractivity contribution in [3.05, 3.63) is 66.2 Å². The third-order valence-corrected chi connectivity index (χ3v) is 7.20. The SMILES string of the molecule is O=C(NC1CCCC1)N1CCC2(CC1)C(=O)N(c1ccccc1)C2c1ccccc1. The molecule has 3 fully saturated rings. The van der Waals surface area contributed by atoms with Crippen LogP contribution >= 0.6 is 0 Å². The molecule has 0 aromatic heterocycles. The van der Waals surface area contributed by atoms with E-state index < -0.39 is 5.41 Å². The zero-order valence-electron chi connectivity index (χ0n) is 17.3. The van der Waals surface area contributed by atoms with E-state index in [-0.39, 0.29) is 18.0 Å². The van der Waals surface area contributed by atoms with Gasteiger partial charge in [0.25, 0.3) is 0 Å². The summed E-state index contributed by atoms with van der Waals surface area (Å²) in [6, 6.07) is 20.7. The molecule has 2 aliphatic heterocycles. The Morgan fingerprint density at radius 3 is 2.13 bits per heavy atom. The number of carbonyl (C=O) groups is 2. The Bertz CT molecular complexity index is 901. The number of rotatable bonds is 3. The van der Waals surface area contributed by atoms with E-state index in [4.69, 9.17) is 0 Å². The van der Waals surface area contributed by atoms with Crippen LogP contribution in [0, 0.1) is 5.41 Å². The number of hydrogen-bond donors (Lipinski definition) is 1. The lowest BCUT2D eigenvalue weighted by molar-refractivity contribution is -0.144. The highest BCUT2D eigenvalue weighted by molar-refractivity contribution is 6.06. The quantitative estimate of drug-likeness (QED) is 0.767. The van der Waals surface area contributed by atoms with Gasteiger partial charge < -0.3 is 15.1 Å². The maximum atomic E-state index is 13.5. The molecule has 5 heteroatoms. The molecule has 3 aliphatic rings. The minimum atomic E-state index is -0.415. The van der Waals surface area contributed by atoms with Gasteiger partial charge >= 0.3 is 6.03 Å². The summed E-state index contributed by atoms with van der Waals surface area (Å²) in [5.74, 6) is 0.193. The molecule has 1 spiro atoms. The molecule has 1 N–H and O–H groups in total. The summed E-state index contributed by atoms with van der Waals surface area (Å²) >= 11 is 0. The smallest absolute Gasteiger partial charge is 0.317 e. The standard InChI is InChI=1S/C25H29N3O2/c29-23-25(15-17-27(18-16-25)24(30)26-20-11-7-8-12-20)22(19-9-3-1-4-10-19)28(23)21-13-5-2-6-14-21/h1-6,9-10,13-14,20,22H,7-8,11-12,15-18H2,(H,26,30). The molecule has 0 bridgehead atoms. The van der Waals surface area contributed by atoms with Crippen LogP contribution in [0.1, 0.15) is 50.1 Å². The predicted octanol–water partition coefficient (Wildman–Crippen LogP) is 4.51. The number of β-lactam (4-membered cyclic amide) rings is 1. The van der Waals surface area contributed by atoms with Crippen molar-refractivity contribution < 1.29 is 9.59 Å². The topological polar surface area (TPSA) is 52.7 Å². The van der Waals surface area contributed by atoms with E-state index in [1.54, 1.807) is 0 Å². The summed E-state index contributed by atoms with van der Waals surface area (Å²) in [5, 5.41) is 3.19. The number of piperidine rings is 1. The van der Waals surface area contributed by atoms with Crippen LogP contribution in [0.5, 0.6) is 0 Å². The fraction of sp³-hybridized carbons (Fsp3) is 0.440. The lowest BCUT2D eigenvalue weighted by Gasteiger charge is -2.59. The van der Waals surface area contributed by atoms with E-state index in [0.29, 0.717) is 32.0 Å². The number of para-hydroxylation sites is 1. The maximum Gasteiger partial charge on any atom is 0.317 e. The van der Waals surface area contributed by atoms with E-state index >= 15 is 0 Å². The van der Waals surface area contributed by atoms with Crippen LogP contribution in [-0.4, -0.2) is 36.0 Å². The van der Waals surface area contributed by atoms with Gasteiger partial charge in [0.1, 0.15) is 0 Å². The minimum Gasteiger partial charge on any atom is -0.335 e. The molecule has 2 saturated heterocycles. The van der Waals surface area contributed by atoms with Crippen molar-refractivity contribution >= 4 is 17.6 Å². The van der Waals surface area contributed by atoms with E-state index in [9.17, 15) is 9.59 Å². The Hall–Kier alpha value is -2.82. The zero-order chi connectivity index (χ0) is 20.6. The molecule has 5 rings (SSSR count). The first-order chi connectivity index (χ1) is 14.7. The molecular formula is C25H29N3O2. The van der Waals surface area contributed by atoms with Gasteiger partial charge in [-0.3, -0.25) is 4.79 Å². The Kier molecular flexibility index (Phi) is 4.97. The van der Waals surface area contributed by atoms with Gasteiger partial charge in [-0.15, -0.1) is 0 Å². The van der Waals surface area contributed by atoms with E-state index in [1.807, 2.05) is 58.3 Å². The van der Waals surface area contributed by atoms with Crippen LogP contribution in [0.3, 0.4) is 0 Å². The van der Waals surface area contributed by atoms with Gasteiger partial charge in [-0.1, -0.05) is 61.4 Å². The summed E-state index contributed by atoms with van der Waals surface area (Å²) < 4.78 is 0. The van der Waals surface area contributed by atoms with E-state index in [0.717, 1.165) is 18.5 Å². The number of anilines is 1. The van der Waals surface area contributed by atoms with Crippen molar-refractivity contribution in [1.29, 1.82) is 0 Å². The molecule has 0 radical (unpaired) electrons. The van der Waals surface area contributed by atoms with Crippen LogP contribution in [0.15, 0.2) is 60.7 Å². The summed E-state index contributed by atoms with van der Waals surface area (Å²) in [6.07, 6.45) is 6.02. The van der Waals surface area contributed by atoms with Gasteiger partial charge in [-0.2, -0.15) is 0 Å². The lowest BCUT2D eigenvalue weighted by Crippen LogP contribution is -2.67. The van der Waals surface area contributed by atoms with Crippen molar-refractivity contribution in [2.45, 2.75) is 50.6 Å². The van der Waals surface area contributed by atoms with Gasteiger partial charge in [0.15, 0.2) is 0 Å². The average Bonchev–Trinajstić information content (AvgIpc) is 3.31. The third kappa shape index (κ3) is 3.17. The molecule has 2 heterocycles. The number of carbonyl (C=O) groups excluding carboxylic acids is 2. The van der Waals surface area contributed by atoms with Crippen LogP contribution < -0.4 is 10.2 Å². The second-order valence-electron chi connectivity index (χ2n) is 8.90. The molecule has 2 aromatic rings. The van der Waals surface area contributed by atoms with Crippen LogP contribution in [0.4, 0.5) is 10.5 Å². The first-order valence-electron chi connectivity index (χ1n) is 11.2. The number of amides is 3. The first kappa shape index (κ1) is 19.2. The molecule has 1 unspecified atom stereocenters. The zero-order valence-corrected chi connectivity index (χ0v) is 17.3. The summed E-state index contributed by atoms with van der Waals surface area (Å²) in [5.41, 5.74) is 1.70. The Labute approximate surface area is 178 Å². The van der Waals surface area contributed by atoms with E-state index in [1.165, 1.54) is 18.4 Å². The van der Waals surface area contributed by atoms with Crippen LogP contribution in [0.25, 0.3) is 0 Å². The van der Waals surface area contributed by atoms with E-state index in [2.05, 4.69) is 17.4 Å². The molecular weight excluding hydrogens is 374 g/mol. The lowest BCUT2D eigenvalue weighted by atomic mass is 9.62. The maximum absolute atomic E-state index is 13.5. The van der Waals surface area contributed by atoms with Gasteiger partial charge in [0.2, 0.25) is 5.91 Å². The molecule has 1 aliphatic carbocycles. The first-order valence-corrected chi connectivity index (χ1v) is 11.2. The monoisotopic (exact) mass is 403 g/mol. The predicted molar refractivity (Wildman–Crippen MR) is 117 cm³/mol. The number of likely N-dealkylation sites (tertiary alicyclic amines) is 1. The highest BCUT2D eigenvalue weighted by Gasteiger charge is 2.62. The molecule has 3 amide bonds. The molecule has 1 saturated carbocycles. The van der Waals surface area contributed by atoms with Crippen molar-refractivity contribution in [1.82, 2.24) is 10.2 Å². The molecule has 5 nitrogen and oxygen atoms in total. The second kappa shape index (κ2) is 7.78. The number of benzene rings is 2. The van der Waals surface area contributed by atoms with Crippen molar-refractivity contribution in [3.8, 4) is 0 Å². The fourth-order valence-electron chi connectivity index (χ4n) is 5.55. The number of nitrogens with zero attached hydrogens (tertiary/aromatic N) is 2.